The van der Waals surface area contributed by atoms with E-state index in [9.17, 15) is 35.9 Å². The fourth-order valence-electron chi connectivity index (χ4n) is 2.87. The number of esters is 2. The highest BCUT2D eigenvalue weighted by molar-refractivity contribution is 6.06. The van der Waals surface area contributed by atoms with Crippen molar-refractivity contribution >= 4 is 17.6 Å². The molecule has 12 heteroatoms. The molecule has 0 amide bonds. The molecule has 1 aromatic heterocycles. The quantitative estimate of drug-likeness (QED) is 0.427. The molecule has 0 bridgehead atoms. The molecule has 1 heterocycles. The lowest BCUT2D eigenvalue weighted by molar-refractivity contribution is -0.150. The average molecular weight is 444 g/mol. The molecular formula is C18H22F6N2O4. The highest BCUT2D eigenvalue weighted by Crippen LogP contribution is 2.43. The zero-order valence-corrected chi connectivity index (χ0v) is 16.8. The largest absolute Gasteiger partial charge is 0.465 e. The van der Waals surface area contributed by atoms with Crippen molar-refractivity contribution in [2.24, 2.45) is 0 Å². The van der Waals surface area contributed by atoms with E-state index in [1.807, 2.05) is 0 Å². The zero-order chi connectivity index (χ0) is 23.3. The maximum atomic E-state index is 13.7. The Balaban J connectivity index is 4.27. The summed E-state index contributed by atoms with van der Waals surface area (Å²) in [5.41, 5.74) is -7.52. The van der Waals surface area contributed by atoms with Crippen molar-refractivity contribution in [3.05, 3.63) is 22.5 Å². The van der Waals surface area contributed by atoms with E-state index in [4.69, 9.17) is 0 Å². The molecule has 0 radical (unpaired) electrons. The molecule has 0 N–H and O–H groups in total. The molecule has 0 aliphatic carbocycles. The molecule has 0 aliphatic heterocycles. The van der Waals surface area contributed by atoms with Crippen LogP contribution in [-0.4, -0.2) is 43.7 Å². The van der Waals surface area contributed by atoms with E-state index in [1.54, 1.807) is 13.8 Å². The van der Waals surface area contributed by atoms with Crippen LogP contribution in [0.15, 0.2) is 0 Å². The predicted octanol–water partition coefficient (Wildman–Crippen LogP) is 4.71. The maximum Gasteiger partial charge on any atom is 0.434 e. The van der Waals surface area contributed by atoms with Crippen molar-refractivity contribution < 1.29 is 45.4 Å². The van der Waals surface area contributed by atoms with E-state index in [1.165, 1.54) is 6.92 Å². The molecule has 0 spiro atoms. The summed E-state index contributed by atoms with van der Waals surface area (Å²) >= 11 is 0. The molecule has 0 unspecified atom stereocenters. The van der Waals surface area contributed by atoms with Crippen LogP contribution in [-0.2, 0) is 21.8 Å². The number of ether oxygens (including phenoxy) is 2. The number of anilines is 1. The Kier molecular flexibility index (Phi) is 8.49. The first-order valence-corrected chi connectivity index (χ1v) is 9.07. The molecule has 0 aliphatic rings. The van der Waals surface area contributed by atoms with Crippen LogP contribution in [0, 0.1) is 0 Å². The Bertz CT molecular complexity index is 771. The number of carbonyl (C=O) groups excluding carboxylic acids is 2. The van der Waals surface area contributed by atoms with Gasteiger partial charge >= 0.3 is 24.3 Å². The fourth-order valence-corrected chi connectivity index (χ4v) is 2.87. The lowest BCUT2D eigenvalue weighted by atomic mass is 10.00. The third kappa shape index (κ3) is 5.54. The van der Waals surface area contributed by atoms with Gasteiger partial charge in [0.25, 0.3) is 0 Å². The minimum Gasteiger partial charge on any atom is -0.465 e. The Morgan fingerprint density at radius 2 is 1.30 bits per heavy atom. The number of pyridine rings is 1. The molecule has 1 rings (SSSR count). The zero-order valence-electron chi connectivity index (χ0n) is 16.8. The summed E-state index contributed by atoms with van der Waals surface area (Å²) in [6, 6.07) is 0. The van der Waals surface area contributed by atoms with Gasteiger partial charge in [-0.05, 0) is 19.8 Å². The van der Waals surface area contributed by atoms with Gasteiger partial charge in [0, 0.05) is 13.1 Å². The van der Waals surface area contributed by atoms with Crippen LogP contribution in [0.2, 0.25) is 0 Å². The first-order chi connectivity index (χ1) is 13.8. The second-order valence-electron chi connectivity index (χ2n) is 6.10. The SMILES string of the molecule is CCCN(CCC)c1c(C(=O)OC)c(C(F)(F)F)nc(C(F)(F)F)c1C(=O)OCC. The van der Waals surface area contributed by atoms with Crippen molar-refractivity contribution in [3.63, 3.8) is 0 Å². The Hall–Kier alpha value is -2.53. The summed E-state index contributed by atoms with van der Waals surface area (Å²) < 4.78 is 91.0. The van der Waals surface area contributed by atoms with Gasteiger partial charge in [0.1, 0.15) is 11.1 Å². The van der Waals surface area contributed by atoms with Crippen molar-refractivity contribution in [3.8, 4) is 0 Å². The fraction of sp³-hybridized carbons (Fsp3) is 0.611. The van der Waals surface area contributed by atoms with Crippen LogP contribution < -0.4 is 4.90 Å². The van der Waals surface area contributed by atoms with E-state index in [0.29, 0.717) is 12.8 Å². The van der Waals surface area contributed by atoms with E-state index < -0.39 is 52.5 Å². The smallest absolute Gasteiger partial charge is 0.434 e. The van der Waals surface area contributed by atoms with E-state index in [2.05, 4.69) is 14.5 Å². The molecule has 170 valence electrons. The second kappa shape index (κ2) is 9.98. The Labute approximate surface area is 169 Å². The molecule has 0 aromatic carbocycles. The van der Waals surface area contributed by atoms with Crippen LogP contribution in [0.5, 0.6) is 0 Å². The molecular weight excluding hydrogens is 422 g/mol. The van der Waals surface area contributed by atoms with Gasteiger partial charge in [0.05, 0.1) is 19.4 Å². The van der Waals surface area contributed by atoms with Crippen LogP contribution in [0.1, 0.15) is 65.7 Å². The van der Waals surface area contributed by atoms with Crippen LogP contribution >= 0.6 is 0 Å². The monoisotopic (exact) mass is 444 g/mol. The Morgan fingerprint density at radius 1 is 0.867 bits per heavy atom. The molecule has 0 saturated carbocycles. The molecule has 30 heavy (non-hydrogen) atoms. The summed E-state index contributed by atoms with van der Waals surface area (Å²) in [7, 11) is 0.776. The minimum atomic E-state index is -5.42. The molecule has 1 aromatic rings. The number of hydrogen-bond acceptors (Lipinski definition) is 6. The van der Waals surface area contributed by atoms with E-state index in [-0.39, 0.29) is 19.7 Å². The normalized spacial score (nSPS) is 11.9. The minimum absolute atomic E-state index is 0.0250. The van der Waals surface area contributed by atoms with Gasteiger partial charge in [0.15, 0.2) is 11.4 Å². The van der Waals surface area contributed by atoms with Gasteiger partial charge in [-0.2, -0.15) is 26.3 Å². The van der Waals surface area contributed by atoms with Crippen molar-refractivity contribution in [1.82, 2.24) is 4.98 Å². The number of carbonyl (C=O) groups is 2. The number of nitrogens with zero attached hydrogens (tertiary/aromatic N) is 2. The lowest BCUT2D eigenvalue weighted by Crippen LogP contribution is -2.34. The van der Waals surface area contributed by atoms with Gasteiger partial charge in [-0.25, -0.2) is 14.6 Å². The number of aromatic nitrogens is 1. The highest BCUT2D eigenvalue weighted by atomic mass is 19.4. The summed E-state index contributed by atoms with van der Waals surface area (Å²) in [5, 5.41) is 0. The highest BCUT2D eigenvalue weighted by Gasteiger charge is 2.48. The Morgan fingerprint density at radius 3 is 1.63 bits per heavy atom. The summed E-state index contributed by atoms with van der Waals surface area (Å²) in [6.07, 6.45) is -10.2. The summed E-state index contributed by atoms with van der Waals surface area (Å²) in [6.45, 7) is 4.21. The van der Waals surface area contributed by atoms with Crippen LogP contribution in [0.3, 0.4) is 0 Å². The molecule has 0 saturated heterocycles. The number of alkyl halides is 6. The molecule has 0 fully saturated rings. The number of methoxy groups -OCH3 is 1. The molecule has 0 atom stereocenters. The second-order valence-corrected chi connectivity index (χ2v) is 6.10. The van der Waals surface area contributed by atoms with Gasteiger partial charge in [-0.1, -0.05) is 13.8 Å². The van der Waals surface area contributed by atoms with Crippen LogP contribution in [0.4, 0.5) is 32.0 Å². The maximum absolute atomic E-state index is 13.7. The van der Waals surface area contributed by atoms with Gasteiger partial charge < -0.3 is 14.4 Å². The summed E-state index contributed by atoms with van der Waals surface area (Å²) in [5.74, 6) is -3.11. The first-order valence-electron chi connectivity index (χ1n) is 9.07. The van der Waals surface area contributed by atoms with Crippen molar-refractivity contribution in [1.29, 1.82) is 0 Å². The average Bonchev–Trinajstić information content (AvgIpc) is 2.64. The number of hydrogen-bond donors (Lipinski definition) is 0. The predicted molar refractivity (Wildman–Crippen MR) is 94.3 cm³/mol. The number of halogens is 6. The third-order valence-electron chi connectivity index (χ3n) is 3.88. The first kappa shape index (κ1) is 25.5. The number of rotatable bonds is 8. The van der Waals surface area contributed by atoms with Crippen molar-refractivity contribution in [2.45, 2.75) is 46.0 Å². The topological polar surface area (TPSA) is 68.7 Å². The van der Waals surface area contributed by atoms with Gasteiger partial charge in [-0.3, -0.25) is 0 Å². The standard InChI is InChI=1S/C18H22F6N2O4/c1-5-8-26(9-6-2)12-10(15(27)29-4)13(17(19,20)21)25-14(18(22,23)24)11(12)16(28)30-7-3/h5-9H2,1-4H3. The van der Waals surface area contributed by atoms with Gasteiger partial charge in [0.2, 0.25) is 0 Å². The van der Waals surface area contributed by atoms with Crippen LogP contribution in [0.25, 0.3) is 0 Å². The lowest BCUT2D eigenvalue weighted by Gasteiger charge is -2.30. The van der Waals surface area contributed by atoms with E-state index in [0.717, 1.165) is 12.0 Å². The molecule has 6 nitrogen and oxygen atoms in total. The van der Waals surface area contributed by atoms with E-state index >= 15 is 0 Å². The third-order valence-corrected chi connectivity index (χ3v) is 3.88. The summed E-state index contributed by atoms with van der Waals surface area (Å²) in [4.78, 5) is 28.5. The van der Waals surface area contributed by atoms with Crippen molar-refractivity contribution in [2.75, 3.05) is 31.7 Å². The van der Waals surface area contributed by atoms with Gasteiger partial charge in [-0.15, -0.1) is 0 Å².